The minimum atomic E-state index is -0.420. The smallest absolute Gasteiger partial charge is 0.342 e. The Bertz CT molecular complexity index is 650. The highest BCUT2D eigenvalue weighted by Gasteiger charge is 2.15. The van der Waals surface area contributed by atoms with Crippen LogP contribution >= 0.6 is 0 Å². The van der Waals surface area contributed by atoms with Gasteiger partial charge in [0.25, 0.3) is 0 Å². The number of methoxy groups -OCH3 is 1. The molecule has 2 rings (SSSR count). The lowest BCUT2D eigenvalue weighted by molar-refractivity contribution is 0.0466. The fraction of sp³-hybridized carbons (Fsp3) is 0.211. The number of hydrogen-bond donors (Lipinski definition) is 0. The summed E-state index contributed by atoms with van der Waals surface area (Å²) in [6, 6.07) is 14.8. The van der Waals surface area contributed by atoms with Crippen LogP contribution in [0.5, 0.6) is 5.75 Å². The molecule has 4 nitrogen and oxygen atoms in total. The topological polar surface area (TPSA) is 44.8 Å². The molecule has 2 aromatic rings. The number of ether oxygens (including phenoxy) is 3. The standard InChI is InChI=1S/C19H20O4/c1-3-15-9-10-17(18(13-15)22-12-11-21-2)19(20)23-14-16-7-5-4-6-8-16/h3-10,13H,1,11-12,14H2,2H3. The third kappa shape index (κ3) is 4.97. The first-order valence-electron chi connectivity index (χ1n) is 7.34. The van der Waals surface area contributed by atoms with E-state index in [0.29, 0.717) is 24.5 Å². The predicted octanol–water partition coefficient (Wildman–Crippen LogP) is 3.71. The molecule has 0 aliphatic heterocycles. The van der Waals surface area contributed by atoms with E-state index in [2.05, 4.69) is 6.58 Å². The molecule has 0 amide bonds. The molecule has 4 heteroatoms. The van der Waals surface area contributed by atoms with Crippen molar-refractivity contribution in [1.29, 1.82) is 0 Å². The van der Waals surface area contributed by atoms with E-state index in [1.807, 2.05) is 30.3 Å². The van der Waals surface area contributed by atoms with Crippen molar-refractivity contribution < 1.29 is 19.0 Å². The van der Waals surface area contributed by atoms with Crippen molar-refractivity contribution >= 4 is 12.0 Å². The van der Waals surface area contributed by atoms with E-state index in [4.69, 9.17) is 14.2 Å². The summed E-state index contributed by atoms with van der Waals surface area (Å²) in [5.74, 6) is 0.0504. The molecule has 0 aromatic heterocycles. The average Bonchev–Trinajstić information content (AvgIpc) is 2.60. The first kappa shape index (κ1) is 16.8. The molecule has 0 aliphatic rings. The normalized spacial score (nSPS) is 10.1. The number of carbonyl (C=O) groups excluding carboxylic acids is 1. The van der Waals surface area contributed by atoms with Gasteiger partial charge in [-0.25, -0.2) is 4.79 Å². The Morgan fingerprint density at radius 2 is 1.91 bits per heavy atom. The average molecular weight is 312 g/mol. The van der Waals surface area contributed by atoms with E-state index in [0.717, 1.165) is 11.1 Å². The van der Waals surface area contributed by atoms with E-state index < -0.39 is 5.97 Å². The summed E-state index contributed by atoms with van der Waals surface area (Å²) in [5.41, 5.74) is 2.20. The van der Waals surface area contributed by atoms with Gasteiger partial charge in [0, 0.05) is 7.11 Å². The van der Waals surface area contributed by atoms with E-state index in [-0.39, 0.29) is 6.61 Å². The van der Waals surface area contributed by atoms with Crippen molar-refractivity contribution in [3.63, 3.8) is 0 Å². The van der Waals surface area contributed by atoms with Crippen LogP contribution in [-0.4, -0.2) is 26.3 Å². The van der Waals surface area contributed by atoms with Gasteiger partial charge in [0.05, 0.1) is 6.61 Å². The van der Waals surface area contributed by atoms with E-state index in [1.54, 1.807) is 31.4 Å². The predicted molar refractivity (Wildman–Crippen MR) is 89.5 cm³/mol. The van der Waals surface area contributed by atoms with Crippen LogP contribution in [-0.2, 0) is 16.1 Å². The highest BCUT2D eigenvalue weighted by atomic mass is 16.5. The minimum absolute atomic E-state index is 0.223. The van der Waals surface area contributed by atoms with Gasteiger partial charge in [0.2, 0.25) is 0 Å². The van der Waals surface area contributed by atoms with Gasteiger partial charge in [-0.05, 0) is 23.3 Å². The van der Waals surface area contributed by atoms with Crippen molar-refractivity contribution in [2.75, 3.05) is 20.3 Å². The monoisotopic (exact) mass is 312 g/mol. The van der Waals surface area contributed by atoms with Crippen molar-refractivity contribution in [1.82, 2.24) is 0 Å². The molecule has 120 valence electrons. The van der Waals surface area contributed by atoms with Gasteiger partial charge >= 0.3 is 5.97 Å². The van der Waals surface area contributed by atoms with Crippen molar-refractivity contribution in [3.8, 4) is 5.75 Å². The fourth-order valence-electron chi connectivity index (χ4n) is 1.99. The van der Waals surface area contributed by atoms with E-state index >= 15 is 0 Å². The molecule has 0 atom stereocenters. The lowest BCUT2D eigenvalue weighted by Gasteiger charge is -2.12. The number of hydrogen-bond acceptors (Lipinski definition) is 4. The van der Waals surface area contributed by atoms with Crippen LogP contribution in [0.15, 0.2) is 55.1 Å². The molecule has 2 aromatic carbocycles. The quantitative estimate of drug-likeness (QED) is 0.550. The molecule has 0 heterocycles. The molecular formula is C19H20O4. The van der Waals surface area contributed by atoms with Gasteiger partial charge in [0.1, 0.15) is 24.5 Å². The molecule has 0 aliphatic carbocycles. The lowest BCUT2D eigenvalue weighted by atomic mass is 10.1. The Balaban J connectivity index is 2.09. The summed E-state index contributed by atoms with van der Waals surface area (Å²) < 4.78 is 15.9. The second-order valence-electron chi connectivity index (χ2n) is 4.86. The minimum Gasteiger partial charge on any atom is -0.490 e. The van der Waals surface area contributed by atoms with Gasteiger partial charge < -0.3 is 14.2 Å². The van der Waals surface area contributed by atoms with Gasteiger partial charge in [-0.15, -0.1) is 0 Å². The first-order valence-corrected chi connectivity index (χ1v) is 7.34. The Morgan fingerprint density at radius 1 is 1.13 bits per heavy atom. The first-order chi connectivity index (χ1) is 11.2. The van der Waals surface area contributed by atoms with Gasteiger partial charge in [-0.1, -0.05) is 49.1 Å². The SMILES string of the molecule is C=Cc1ccc(C(=O)OCc2ccccc2)c(OCCOC)c1. The fourth-order valence-corrected chi connectivity index (χ4v) is 1.99. The summed E-state index contributed by atoms with van der Waals surface area (Å²) in [6.07, 6.45) is 1.70. The largest absolute Gasteiger partial charge is 0.490 e. The summed E-state index contributed by atoms with van der Waals surface area (Å²) in [6.45, 7) is 4.74. The maximum atomic E-state index is 12.3. The summed E-state index contributed by atoms with van der Waals surface area (Å²) >= 11 is 0. The Kier molecular flexibility index (Phi) is 6.39. The molecule has 0 fully saturated rings. The van der Waals surface area contributed by atoms with Crippen molar-refractivity contribution in [2.24, 2.45) is 0 Å². The summed E-state index contributed by atoms with van der Waals surface area (Å²) in [7, 11) is 1.60. The van der Waals surface area contributed by atoms with Crippen LogP contribution in [0, 0.1) is 0 Å². The van der Waals surface area contributed by atoms with Crippen molar-refractivity contribution in [3.05, 3.63) is 71.8 Å². The second kappa shape index (κ2) is 8.76. The number of rotatable bonds is 8. The maximum Gasteiger partial charge on any atom is 0.342 e. The molecule has 0 unspecified atom stereocenters. The third-order valence-electron chi connectivity index (χ3n) is 3.22. The van der Waals surface area contributed by atoms with Gasteiger partial charge in [-0.2, -0.15) is 0 Å². The van der Waals surface area contributed by atoms with Crippen molar-refractivity contribution in [2.45, 2.75) is 6.61 Å². The Morgan fingerprint density at radius 3 is 2.61 bits per heavy atom. The Labute approximate surface area is 136 Å². The van der Waals surface area contributed by atoms with Gasteiger partial charge in [0.15, 0.2) is 0 Å². The summed E-state index contributed by atoms with van der Waals surface area (Å²) in [4.78, 5) is 12.3. The molecular weight excluding hydrogens is 292 g/mol. The molecule has 0 spiro atoms. The molecule has 0 N–H and O–H groups in total. The highest BCUT2D eigenvalue weighted by Crippen LogP contribution is 2.22. The van der Waals surface area contributed by atoms with Gasteiger partial charge in [-0.3, -0.25) is 0 Å². The van der Waals surface area contributed by atoms with Crippen LogP contribution < -0.4 is 4.74 Å². The summed E-state index contributed by atoms with van der Waals surface area (Å²) in [5, 5.41) is 0. The zero-order chi connectivity index (χ0) is 16.5. The molecule has 0 saturated heterocycles. The van der Waals surface area contributed by atoms with Crippen LogP contribution in [0.3, 0.4) is 0 Å². The third-order valence-corrected chi connectivity index (χ3v) is 3.22. The number of esters is 1. The molecule has 0 saturated carbocycles. The van der Waals surface area contributed by atoms with E-state index in [1.165, 1.54) is 0 Å². The zero-order valence-electron chi connectivity index (χ0n) is 13.2. The number of carbonyl (C=O) groups is 1. The molecule has 0 bridgehead atoms. The van der Waals surface area contributed by atoms with E-state index in [9.17, 15) is 4.79 Å². The van der Waals surface area contributed by atoms with Crippen LogP contribution in [0.1, 0.15) is 21.5 Å². The Hall–Kier alpha value is -2.59. The highest BCUT2D eigenvalue weighted by molar-refractivity contribution is 5.93. The van der Waals surface area contributed by atoms with Crippen LogP contribution in [0.25, 0.3) is 6.08 Å². The molecule has 0 radical (unpaired) electrons. The molecule has 23 heavy (non-hydrogen) atoms. The second-order valence-corrected chi connectivity index (χ2v) is 4.86. The zero-order valence-corrected chi connectivity index (χ0v) is 13.2. The van der Waals surface area contributed by atoms with Crippen LogP contribution in [0.4, 0.5) is 0 Å². The number of benzene rings is 2. The maximum absolute atomic E-state index is 12.3. The van der Waals surface area contributed by atoms with Crippen LogP contribution in [0.2, 0.25) is 0 Å². The lowest BCUT2D eigenvalue weighted by Crippen LogP contribution is -2.11.